The van der Waals surface area contributed by atoms with Gasteiger partial charge >= 0.3 is 0 Å². The Morgan fingerprint density at radius 2 is 1.85 bits per heavy atom. The highest BCUT2D eigenvalue weighted by Crippen LogP contribution is 2.19. The summed E-state index contributed by atoms with van der Waals surface area (Å²) in [5, 5.41) is 0. The van der Waals surface area contributed by atoms with Gasteiger partial charge in [0.15, 0.2) is 0 Å². The van der Waals surface area contributed by atoms with Crippen molar-refractivity contribution < 1.29 is 0 Å². The number of hydrogen-bond acceptors (Lipinski definition) is 2. The Morgan fingerprint density at radius 1 is 1.15 bits per heavy atom. The van der Waals surface area contributed by atoms with Gasteiger partial charge in [-0.25, -0.2) is 0 Å². The van der Waals surface area contributed by atoms with E-state index >= 15 is 0 Å². The molecule has 0 saturated heterocycles. The molecule has 1 aromatic carbocycles. The molecule has 0 aliphatic heterocycles. The molecule has 13 heavy (non-hydrogen) atoms. The Bertz CT molecular complexity index is 228. The van der Waals surface area contributed by atoms with Crippen LogP contribution in [-0.4, -0.2) is 11.5 Å². The molecule has 0 saturated carbocycles. The zero-order valence-electron chi connectivity index (χ0n) is 7.99. The number of hydrogen-bond donors (Lipinski definition) is 1. The second-order valence-corrected chi connectivity index (χ2v) is 4.71. The molecule has 0 unspecified atom stereocenters. The normalized spacial score (nSPS) is 10.3. The summed E-state index contributed by atoms with van der Waals surface area (Å²) < 4.78 is 0. The first-order valence-corrected chi connectivity index (χ1v) is 6.25. The van der Waals surface area contributed by atoms with Gasteiger partial charge in [0, 0.05) is 4.90 Å². The summed E-state index contributed by atoms with van der Waals surface area (Å²) in [6.45, 7) is 2.12. The molecule has 0 aliphatic rings. The van der Waals surface area contributed by atoms with E-state index in [-0.39, 0.29) is 0 Å². The highest BCUT2D eigenvalue weighted by atomic mass is 32.2. The zero-order valence-corrected chi connectivity index (χ0v) is 9.70. The van der Waals surface area contributed by atoms with Crippen LogP contribution in [0.4, 0.5) is 0 Å². The maximum atomic E-state index is 4.19. The van der Waals surface area contributed by atoms with Crippen molar-refractivity contribution in [3.05, 3.63) is 29.8 Å². The Labute approximate surface area is 90.5 Å². The van der Waals surface area contributed by atoms with Crippen molar-refractivity contribution in [3.8, 4) is 0 Å². The standard InChI is InChI=1S/C11H16S2/c1-10-4-6-11(7-5-10)13-9-3-2-8-12/h4-7,12H,2-3,8-9H2,1H3. The summed E-state index contributed by atoms with van der Waals surface area (Å²) in [6.07, 6.45) is 2.49. The molecule has 1 aromatic rings. The molecule has 0 bridgehead atoms. The van der Waals surface area contributed by atoms with Gasteiger partial charge in [-0.3, -0.25) is 0 Å². The van der Waals surface area contributed by atoms with E-state index in [1.54, 1.807) is 0 Å². The first-order valence-electron chi connectivity index (χ1n) is 4.63. The molecule has 0 nitrogen and oxygen atoms in total. The van der Waals surface area contributed by atoms with Crippen molar-refractivity contribution in [2.24, 2.45) is 0 Å². The highest BCUT2D eigenvalue weighted by Gasteiger charge is 1.92. The summed E-state index contributed by atoms with van der Waals surface area (Å²) in [7, 11) is 0. The van der Waals surface area contributed by atoms with Gasteiger partial charge < -0.3 is 0 Å². The quantitative estimate of drug-likeness (QED) is 0.440. The van der Waals surface area contributed by atoms with Crippen LogP contribution >= 0.6 is 24.4 Å². The van der Waals surface area contributed by atoms with Crippen LogP contribution in [0.5, 0.6) is 0 Å². The van der Waals surface area contributed by atoms with Gasteiger partial charge in [-0.2, -0.15) is 12.6 Å². The smallest absolute Gasteiger partial charge is 0.00721 e. The van der Waals surface area contributed by atoms with E-state index < -0.39 is 0 Å². The predicted octanol–water partition coefficient (Wildman–Crippen LogP) is 3.80. The second-order valence-electron chi connectivity index (χ2n) is 3.09. The molecular formula is C11H16S2. The van der Waals surface area contributed by atoms with Crippen molar-refractivity contribution in [1.82, 2.24) is 0 Å². The van der Waals surface area contributed by atoms with E-state index in [1.165, 1.54) is 29.1 Å². The Kier molecular flexibility index (Phi) is 5.40. The number of unbranched alkanes of at least 4 members (excludes halogenated alkanes) is 1. The Morgan fingerprint density at radius 3 is 2.46 bits per heavy atom. The van der Waals surface area contributed by atoms with E-state index in [0.717, 1.165) is 5.75 Å². The van der Waals surface area contributed by atoms with Gasteiger partial charge in [0.25, 0.3) is 0 Å². The molecule has 0 aliphatic carbocycles. The molecule has 0 heterocycles. The van der Waals surface area contributed by atoms with Crippen molar-refractivity contribution in [1.29, 1.82) is 0 Å². The third kappa shape index (κ3) is 4.63. The number of thiol groups is 1. The van der Waals surface area contributed by atoms with Crippen LogP contribution in [0, 0.1) is 6.92 Å². The minimum Gasteiger partial charge on any atom is -0.179 e. The average molecular weight is 212 g/mol. The molecule has 1 rings (SSSR count). The van der Waals surface area contributed by atoms with Crippen LogP contribution in [0.3, 0.4) is 0 Å². The molecule has 0 atom stereocenters. The summed E-state index contributed by atoms with van der Waals surface area (Å²) >= 11 is 6.12. The summed E-state index contributed by atoms with van der Waals surface area (Å²) in [5.41, 5.74) is 1.33. The number of benzene rings is 1. The molecule has 0 radical (unpaired) electrons. The highest BCUT2D eigenvalue weighted by molar-refractivity contribution is 7.99. The SMILES string of the molecule is Cc1ccc(SCCCCS)cc1. The molecular weight excluding hydrogens is 196 g/mol. The lowest BCUT2D eigenvalue weighted by Crippen LogP contribution is -1.81. The molecule has 0 N–H and O–H groups in total. The fraction of sp³-hybridized carbons (Fsp3) is 0.455. The Balaban J connectivity index is 2.25. The third-order valence-corrected chi connectivity index (χ3v) is 3.26. The predicted molar refractivity (Wildman–Crippen MR) is 65.0 cm³/mol. The summed E-state index contributed by atoms with van der Waals surface area (Å²) in [4.78, 5) is 1.38. The van der Waals surface area contributed by atoms with Crippen LogP contribution in [0.15, 0.2) is 29.2 Å². The van der Waals surface area contributed by atoms with Gasteiger partial charge in [-0.1, -0.05) is 17.7 Å². The van der Waals surface area contributed by atoms with Crippen LogP contribution in [0.1, 0.15) is 18.4 Å². The third-order valence-electron chi connectivity index (χ3n) is 1.84. The maximum absolute atomic E-state index is 4.19. The van der Waals surface area contributed by atoms with E-state index in [0.29, 0.717) is 0 Å². The molecule has 0 fully saturated rings. The lowest BCUT2D eigenvalue weighted by molar-refractivity contribution is 0.909. The number of rotatable bonds is 5. The van der Waals surface area contributed by atoms with Gasteiger partial charge in [0.2, 0.25) is 0 Å². The molecule has 0 amide bonds. The largest absolute Gasteiger partial charge is 0.179 e. The van der Waals surface area contributed by atoms with E-state index in [2.05, 4.69) is 43.8 Å². The molecule has 2 heteroatoms. The fourth-order valence-corrected chi connectivity index (χ4v) is 2.17. The van der Waals surface area contributed by atoms with Crippen molar-refractivity contribution in [2.45, 2.75) is 24.7 Å². The van der Waals surface area contributed by atoms with Gasteiger partial charge in [0.05, 0.1) is 0 Å². The van der Waals surface area contributed by atoms with E-state index in [4.69, 9.17) is 0 Å². The molecule has 0 aromatic heterocycles. The van der Waals surface area contributed by atoms with Gasteiger partial charge in [0.1, 0.15) is 0 Å². The van der Waals surface area contributed by atoms with Crippen molar-refractivity contribution >= 4 is 24.4 Å². The fourth-order valence-electron chi connectivity index (χ4n) is 1.04. The lowest BCUT2D eigenvalue weighted by Gasteiger charge is -2.00. The molecule has 72 valence electrons. The van der Waals surface area contributed by atoms with Crippen molar-refractivity contribution in [2.75, 3.05) is 11.5 Å². The van der Waals surface area contributed by atoms with Crippen LogP contribution in [0.25, 0.3) is 0 Å². The average Bonchev–Trinajstić information content (AvgIpc) is 2.15. The number of thioether (sulfide) groups is 1. The zero-order chi connectivity index (χ0) is 9.52. The summed E-state index contributed by atoms with van der Waals surface area (Å²) in [6, 6.07) is 8.73. The van der Waals surface area contributed by atoms with Gasteiger partial charge in [-0.15, -0.1) is 11.8 Å². The van der Waals surface area contributed by atoms with Gasteiger partial charge in [-0.05, 0) is 43.4 Å². The monoisotopic (exact) mass is 212 g/mol. The lowest BCUT2D eigenvalue weighted by atomic mass is 10.2. The topological polar surface area (TPSA) is 0 Å². The first kappa shape index (κ1) is 11.0. The van der Waals surface area contributed by atoms with Crippen LogP contribution < -0.4 is 0 Å². The van der Waals surface area contributed by atoms with Crippen LogP contribution in [-0.2, 0) is 0 Å². The maximum Gasteiger partial charge on any atom is 0.00721 e. The van der Waals surface area contributed by atoms with Crippen LogP contribution in [0.2, 0.25) is 0 Å². The Hall–Kier alpha value is -0.0800. The minimum atomic E-state index is 1.01. The first-order chi connectivity index (χ1) is 6.33. The minimum absolute atomic E-state index is 1.01. The van der Waals surface area contributed by atoms with Crippen molar-refractivity contribution in [3.63, 3.8) is 0 Å². The van der Waals surface area contributed by atoms with E-state index in [1.807, 2.05) is 11.8 Å². The van der Waals surface area contributed by atoms with E-state index in [9.17, 15) is 0 Å². The second kappa shape index (κ2) is 6.39. The summed E-state index contributed by atoms with van der Waals surface area (Å²) in [5.74, 6) is 2.22. The number of aryl methyl sites for hydroxylation is 1. The molecule has 0 spiro atoms.